The third-order valence-corrected chi connectivity index (χ3v) is 3.83. The highest BCUT2D eigenvalue weighted by atomic mass is 35.5. The predicted molar refractivity (Wildman–Crippen MR) is 96.4 cm³/mol. The van der Waals surface area contributed by atoms with Crippen LogP contribution in [0.15, 0.2) is 53.5 Å². The molecule has 0 aliphatic heterocycles. The SMILES string of the molecule is CN=C(NCCc1ccccc1Cl)NCc1cccc(OC)c1. The number of rotatable bonds is 6. The van der Waals surface area contributed by atoms with Gasteiger partial charge < -0.3 is 15.4 Å². The summed E-state index contributed by atoms with van der Waals surface area (Å²) in [6.07, 6.45) is 0.847. The molecule has 0 aliphatic carbocycles. The van der Waals surface area contributed by atoms with Gasteiger partial charge >= 0.3 is 0 Å². The minimum absolute atomic E-state index is 0.683. The molecule has 2 aromatic carbocycles. The van der Waals surface area contributed by atoms with Crippen LogP contribution in [0.2, 0.25) is 5.02 Å². The van der Waals surface area contributed by atoms with Crippen LogP contribution in [0.5, 0.6) is 5.75 Å². The summed E-state index contributed by atoms with van der Waals surface area (Å²) in [5, 5.41) is 7.38. The van der Waals surface area contributed by atoms with E-state index < -0.39 is 0 Å². The van der Waals surface area contributed by atoms with Gasteiger partial charge in [0.25, 0.3) is 0 Å². The molecule has 0 fully saturated rings. The fraction of sp³-hybridized carbons (Fsp3) is 0.278. The second-order valence-corrected chi connectivity index (χ2v) is 5.45. The molecule has 0 heterocycles. The summed E-state index contributed by atoms with van der Waals surface area (Å²) in [6, 6.07) is 15.8. The third kappa shape index (κ3) is 5.49. The summed E-state index contributed by atoms with van der Waals surface area (Å²) in [5.74, 6) is 1.62. The summed E-state index contributed by atoms with van der Waals surface area (Å²) in [6.45, 7) is 1.45. The minimum atomic E-state index is 0.683. The van der Waals surface area contributed by atoms with Gasteiger partial charge in [-0.15, -0.1) is 0 Å². The average molecular weight is 332 g/mol. The third-order valence-electron chi connectivity index (χ3n) is 3.46. The Labute approximate surface area is 142 Å². The molecular weight excluding hydrogens is 310 g/mol. The second-order valence-electron chi connectivity index (χ2n) is 5.05. The number of ether oxygens (including phenoxy) is 1. The van der Waals surface area contributed by atoms with Crippen molar-refractivity contribution >= 4 is 17.6 Å². The molecule has 0 amide bonds. The zero-order valence-electron chi connectivity index (χ0n) is 13.5. The lowest BCUT2D eigenvalue weighted by Gasteiger charge is -2.13. The topological polar surface area (TPSA) is 45.7 Å². The highest BCUT2D eigenvalue weighted by Crippen LogP contribution is 2.15. The van der Waals surface area contributed by atoms with Gasteiger partial charge in [0.15, 0.2) is 5.96 Å². The molecule has 0 unspecified atom stereocenters. The minimum Gasteiger partial charge on any atom is -0.497 e. The molecule has 0 spiro atoms. The van der Waals surface area contributed by atoms with Crippen molar-refractivity contribution in [2.75, 3.05) is 20.7 Å². The Morgan fingerprint density at radius 2 is 1.96 bits per heavy atom. The molecule has 0 radical (unpaired) electrons. The van der Waals surface area contributed by atoms with Crippen LogP contribution in [0.25, 0.3) is 0 Å². The first-order chi connectivity index (χ1) is 11.2. The maximum Gasteiger partial charge on any atom is 0.191 e. The molecule has 4 nitrogen and oxygen atoms in total. The van der Waals surface area contributed by atoms with E-state index in [-0.39, 0.29) is 0 Å². The molecule has 122 valence electrons. The fourth-order valence-electron chi connectivity index (χ4n) is 2.21. The molecule has 0 saturated heterocycles. The number of halogens is 1. The Kier molecular flexibility index (Phi) is 6.76. The zero-order chi connectivity index (χ0) is 16.5. The number of methoxy groups -OCH3 is 1. The van der Waals surface area contributed by atoms with Gasteiger partial charge in [-0.05, 0) is 35.7 Å². The Morgan fingerprint density at radius 1 is 1.13 bits per heavy atom. The summed E-state index contributed by atoms with van der Waals surface area (Å²) >= 11 is 6.16. The molecule has 2 N–H and O–H groups in total. The number of guanidine groups is 1. The Balaban J connectivity index is 1.80. The first-order valence-electron chi connectivity index (χ1n) is 7.54. The van der Waals surface area contributed by atoms with Crippen LogP contribution in [0, 0.1) is 0 Å². The molecule has 23 heavy (non-hydrogen) atoms. The average Bonchev–Trinajstić information content (AvgIpc) is 2.59. The van der Waals surface area contributed by atoms with E-state index in [9.17, 15) is 0 Å². The molecule has 2 aromatic rings. The second kappa shape index (κ2) is 9.06. The van der Waals surface area contributed by atoms with E-state index in [4.69, 9.17) is 16.3 Å². The van der Waals surface area contributed by atoms with Crippen molar-refractivity contribution in [1.82, 2.24) is 10.6 Å². The van der Waals surface area contributed by atoms with Crippen LogP contribution in [-0.2, 0) is 13.0 Å². The van der Waals surface area contributed by atoms with Crippen molar-refractivity contribution in [2.45, 2.75) is 13.0 Å². The highest BCUT2D eigenvalue weighted by Gasteiger charge is 2.02. The van der Waals surface area contributed by atoms with Gasteiger partial charge in [-0.1, -0.05) is 41.9 Å². The van der Waals surface area contributed by atoms with Gasteiger partial charge in [0.2, 0.25) is 0 Å². The zero-order valence-corrected chi connectivity index (χ0v) is 14.2. The van der Waals surface area contributed by atoms with Crippen LogP contribution >= 0.6 is 11.6 Å². The Bertz CT molecular complexity index is 658. The number of hydrogen-bond donors (Lipinski definition) is 2. The largest absolute Gasteiger partial charge is 0.497 e. The molecule has 0 bridgehead atoms. The van der Waals surface area contributed by atoms with Crippen LogP contribution in [0.3, 0.4) is 0 Å². The summed E-state index contributed by atoms with van der Waals surface area (Å²) in [7, 11) is 3.43. The van der Waals surface area contributed by atoms with Crippen molar-refractivity contribution < 1.29 is 4.74 Å². The molecule has 0 atom stereocenters. The van der Waals surface area contributed by atoms with E-state index >= 15 is 0 Å². The molecule has 0 aromatic heterocycles. The van der Waals surface area contributed by atoms with Crippen molar-refractivity contribution in [3.8, 4) is 5.75 Å². The van der Waals surface area contributed by atoms with Crippen molar-refractivity contribution in [3.63, 3.8) is 0 Å². The van der Waals surface area contributed by atoms with Gasteiger partial charge in [0.1, 0.15) is 5.75 Å². The smallest absolute Gasteiger partial charge is 0.191 e. The van der Waals surface area contributed by atoms with E-state index in [0.717, 1.165) is 40.8 Å². The Morgan fingerprint density at radius 3 is 2.70 bits per heavy atom. The standard InChI is InChI=1S/C18H22ClN3O/c1-20-18(21-11-10-15-7-3-4-9-17(15)19)22-13-14-6-5-8-16(12-14)23-2/h3-9,12H,10-11,13H2,1-2H3,(H2,20,21,22). The lowest BCUT2D eigenvalue weighted by atomic mass is 10.1. The van der Waals surface area contributed by atoms with Crippen molar-refractivity contribution in [1.29, 1.82) is 0 Å². The number of aliphatic imine (C=N–C) groups is 1. The van der Waals surface area contributed by atoms with Gasteiger partial charge in [-0.3, -0.25) is 4.99 Å². The molecule has 5 heteroatoms. The maximum absolute atomic E-state index is 6.16. The van der Waals surface area contributed by atoms with Crippen LogP contribution in [-0.4, -0.2) is 26.7 Å². The maximum atomic E-state index is 6.16. The van der Waals surface area contributed by atoms with Crippen molar-refractivity contribution in [3.05, 3.63) is 64.7 Å². The van der Waals surface area contributed by atoms with Crippen LogP contribution < -0.4 is 15.4 Å². The number of benzene rings is 2. The molecule has 2 rings (SSSR count). The normalized spacial score (nSPS) is 11.2. The van der Waals surface area contributed by atoms with Crippen LogP contribution in [0.4, 0.5) is 0 Å². The lowest BCUT2D eigenvalue weighted by Crippen LogP contribution is -2.37. The van der Waals surface area contributed by atoms with E-state index in [1.54, 1.807) is 14.2 Å². The van der Waals surface area contributed by atoms with Crippen molar-refractivity contribution in [2.24, 2.45) is 4.99 Å². The summed E-state index contributed by atoms with van der Waals surface area (Å²) in [4.78, 5) is 4.23. The molecular formula is C18H22ClN3O. The van der Waals surface area contributed by atoms with E-state index in [0.29, 0.717) is 6.54 Å². The summed E-state index contributed by atoms with van der Waals surface area (Å²) < 4.78 is 5.23. The molecule has 0 saturated carbocycles. The predicted octanol–water partition coefficient (Wildman–Crippen LogP) is 3.26. The van der Waals surface area contributed by atoms with Gasteiger partial charge in [-0.25, -0.2) is 0 Å². The monoisotopic (exact) mass is 331 g/mol. The van der Waals surface area contributed by atoms with E-state index in [2.05, 4.69) is 15.6 Å². The van der Waals surface area contributed by atoms with E-state index in [1.165, 1.54) is 0 Å². The number of nitrogens with zero attached hydrogens (tertiary/aromatic N) is 1. The highest BCUT2D eigenvalue weighted by molar-refractivity contribution is 6.31. The van der Waals surface area contributed by atoms with E-state index in [1.807, 2.05) is 48.5 Å². The Hall–Kier alpha value is -2.20. The van der Waals surface area contributed by atoms with Gasteiger partial charge in [0.05, 0.1) is 7.11 Å². The summed E-state index contributed by atoms with van der Waals surface area (Å²) in [5.41, 5.74) is 2.27. The lowest BCUT2D eigenvalue weighted by molar-refractivity contribution is 0.414. The van der Waals surface area contributed by atoms with Gasteiger partial charge in [0, 0.05) is 25.2 Å². The molecule has 0 aliphatic rings. The number of nitrogens with one attached hydrogen (secondary N) is 2. The fourth-order valence-corrected chi connectivity index (χ4v) is 2.44. The number of hydrogen-bond acceptors (Lipinski definition) is 2. The van der Waals surface area contributed by atoms with Gasteiger partial charge in [-0.2, -0.15) is 0 Å². The first kappa shape index (κ1) is 17.2. The van der Waals surface area contributed by atoms with Crippen LogP contribution in [0.1, 0.15) is 11.1 Å². The first-order valence-corrected chi connectivity index (χ1v) is 7.91. The quantitative estimate of drug-likeness (QED) is 0.631.